The zero-order valence-electron chi connectivity index (χ0n) is 18.8. The van der Waals surface area contributed by atoms with Gasteiger partial charge in [-0.05, 0) is 23.6 Å². The molecule has 1 unspecified atom stereocenters. The minimum absolute atomic E-state index is 0.0331. The van der Waals surface area contributed by atoms with Crippen molar-refractivity contribution in [1.29, 1.82) is 0 Å². The molecule has 0 radical (unpaired) electrons. The quantitative estimate of drug-likeness (QED) is 0.657. The molecule has 11 heteroatoms. The largest absolute Gasteiger partial charge is 0.480 e. The molecule has 180 valence electrons. The zero-order valence-corrected chi connectivity index (χ0v) is 18.8. The van der Waals surface area contributed by atoms with Crippen molar-refractivity contribution in [3.8, 4) is 0 Å². The van der Waals surface area contributed by atoms with Crippen LogP contribution >= 0.6 is 0 Å². The predicted octanol–water partition coefficient (Wildman–Crippen LogP) is 2.26. The fraction of sp³-hybridized carbons (Fsp3) is 0.435. The number of hydrogen-bond acceptors (Lipinski definition) is 7. The molecule has 0 aliphatic carbocycles. The molecule has 1 fully saturated rings. The molecule has 4 rings (SSSR count). The molecule has 1 aromatic heterocycles. The molecular formula is C23H26FN5O5. The van der Waals surface area contributed by atoms with Crippen molar-refractivity contribution in [3.63, 3.8) is 0 Å². The van der Waals surface area contributed by atoms with Crippen LogP contribution in [0, 0.1) is 11.7 Å². The average molecular weight is 471 g/mol. The first-order valence-electron chi connectivity index (χ1n) is 11.0. The van der Waals surface area contributed by atoms with Crippen molar-refractivity contribution in [2.75, 3.05) is 11.9 Å². The topological polar surface area (TPSA) is 125 Å². The van der Waals surface area contributed by atoms with Crippen molar-refractivity contribution < 1.29 is 28.6 Å². The van der Waals surface area contributed by atoms with Crippen LogP contribution in [0.2, 0.25) is 0 Å². The Balaban J connectivity index is 1.44. The molecule has 0 saturated carbocycles. The number of likely N-dealkylation sites (tertiary alicyclic amines) is 1. The van der Waals surface area contributed by atoms with Crippen LogP contribution in [0.3, 0.4) is 0 Å². The van der Waals surface area contributed by atoms with Crippen LogP contribution < -0.4 is 5.32 Å². The van der Waals surface area contributed by atoms with Crippen LogP contribution in [0.5, 0.6) is 0 Å². The van der Waals surface area contributed by atoms with Gasteiger partial charge in [0.1, 0.15) is 24.0 Å². The number of nitrogens with zero attached hydrogens (tertiary/aromatic N) is 4. The van der Waals surface area contributed by atoms with E-state index in [-0.39, 0.29) is 43.7 Å². The number of amides is 2. The van der Waals surface area contributed by atoms with E-state index in [1.54, 1.807) is 18.2 Å². The van der Waals surface area contributed by atoms with E-state index in [2.05, 4.69) is 15.3 Å². The van der Waals surface area contributed by atoms with Gasteiger partial charge in [0, 0.05) is 30.9 Å². The molecule has 0 spiro atoms. The summed E-state index contributed by atoms with van der Waals surface area (Å²) in [6.07, 6.45) is 1.56. The Labute approximate surface area is 195 Å². The maximum absolute atomic E-state index is 14.0. The van der Waals surface area contributed by atoms with Crippen molar-refractivity contribution >= 4 is 23.9 Å². The first-order chi connectivity index (χ1) is 16.2. The highest BCUT2D eigenvalue weighted by molar-refractivity contribution is 5.89. The highest BCUT2D eigenvalue weighted by Crippen LogP contribution is 2.28. The first kappa shape index (κ1) is 23.4. The SMILES string of the molecule is CC(C)[C@H](Nc1ncccn1)C(=O)N1CC(OC(=O)N2Cc3cccc(F)c3C2)C[C@H]1C(=O)O. The number of nitrogens with one attached hydrogen (secondary N) is 1. The number of aliphatic carboxylic acids is 1. The predicted molar refractivity (Wildman–Crippen MR) is 118 cm³/mol. The third kappa shape index (κ3) is 4.78. The minimum Gasteiger partial charge on any atom is -0.480 e. The summed E-state index contributed by atoms with van der Waals surface area (Å²) >= 11 is 0. The zero-order chi connectivity index (χ0) is 24.4. The summed E-state index contributed by atoms with van der Waals surface area (Å²) in [6.45, 7) is 3.88. The van der Waals surface area contributed by atoms with Gasteiger partial charge < -0.3 is 20.1 Å². The smallest absolute Gasteiger partial charge is 0.410 e. The Kier molecular flexibility index (Phi) is 6.62. The van der Waals surface area contributed by atoms with E-state index in [9.17, 15) is 23.9 Å². The number of carboxylic acids is 1. The number of benzene rings is 1. The van der Waals surface area contributed by atoms with E-state index >= 15 is 0 Å². The lowest BCUT2D eigenvalue weighted by Gasteiger charge is -2.29. The Morgan fingerprint density at radius 1 is 1.18 bits per heavy atom. The van der Waals surface area contributed by atoms with E-state index in [0.29, 0.717) is 11.1 Å². The van der Waals surface area contributed by atoms with Crippen molar-refractivity contribution in [2.45, 2.75) is 51.5 Å². The third-order valence-electron chi connectivity index (χ3n) is 6.07. The van der Waals surface area contributed by atoms with E-state index in [4.69, 9.17) is 4.74 Å². The van der Waals surface area contributed by atoms with E-state index in [0.717, 1.165) is 0 Å². The summed E-state index contributed by atoms with van der Waals surface area (Å²) in [5.74, 6) is -1.94. The standard InChI is InChI=1S/C23H26FN5O5/c1-13(2)19(27-22-25-7-4-8-26-22)20(30)29-11-15(9-18(29)21(31)32)34-23(33)28-10-14-5-3-6-17(24)16(14)12-28/h3-8,13,15,18-19H,9-12H2,1-2H3,(H,31,32)(H,25,26,27)/t15?,18-,19-/m0/s1. The fourth-order valence-corrected chi connectivity index (χ4v) is 4.29. The Hall–Kier alpha value is -3.76. The number of rotatable bonds is 6. The summed E-state index contributed by atoms with van der Waals surface area (Å²) in [5, 5.41) is 12.7. The van der Waals surface area contributed by atoms with Crippen molar-refractivity contribution in [3.05, 3.63) is 53.6 Å². The highest BCUT2D eigenvalue weighted by atomic mass is 19.1. The van der Waals surface area contributed by atoms with Gasteiger partial charge in [-0.3, -0.25) is 9.69 Å². The third-order valence-corrected chi connectivity index (χ3v) is 6.07. The van der Waals surface area contributed by atoms with Crippen molar-refractivity contribution in [2.24, 2.45) is 5.92 Å². The Morgan fingerprint density at radius 2 is 1.91 bits per heavy atom. The van der Waals surface area contributed by atoms with Gasteiger partial charge >= 0.3 is 12.1 Å². The molecule has 3 heterocycles. The maximum atomic E-state index is 14.0. The van der Waals surface area contributed by atoms with Gasteiger partial charge in [-0.2, -0.15) is 0 Å². The van der Waals surface area contributed by atoms with Crippen LogP contribution in [0.15, 0.2) is 36.7 Å². The lowest BCUT2D eigenvalue weighted by atomic mass is 10.0. The second-order valence-corrected chi connectivity index (χ2v) is 8.76. The fourth-order valence-electron chi connectivity index (χ4n) is 4.29. The number of carboxylic acid groups (broad SMARTS) is 1. The molecule has 2 aliphatic heterocycles. The number of fused-ring (bicyclic) bond motifs is 1. The second-order valence-electron chi connectivity index (χ2n) is 8.76. The number of carbonyl (C=O) groups excluding carboxylic acids is 2. The van der Waals surface area contributed by atoms with Crippen LogP contribution in [0.4, 0.5) is 15.1 Å². The van der Waals surface area contributed by atoms with Crippen LogP contribution in [-0.4, -0.2) is 67.6 Å². The summed E-state index contributed by atoms with van der Waals surface area (Å²) < 4.78 is 19.6. The summed E-state index contributed by atoms with van der Waals surface area (Å²) in [5.41, 5.74) is 1.15. The van der Waals surface area contributed by atoms with E-state index in [1.807, 2.05) is 13.8 Å². The van der Waals surface area contributed by atoms with E-state index < -0.39 is 36.2 Å². The molecule has 34 heavy (non-hydrogen) atoms. The van der Waals surface area contributed by atoms with Gasteiger partial charge in [-0.25, -0.2) is 23.9 Å². The van der Waals surface area contributed by atoms with Crippen LogP contribution in [0.1, 0.15) is 31.4 Å². The summed E-state index contributed by atoms with van der Waals surface area (Å²) in [7, 11) is 0. The highest BCUT2D eigenvalue weighted by Gasteiger charge is 2.44. The lowest BCUT2D eigenvalue weighted by molar-refractivity contribution is -0.148. The van der Waals surface area contributed by atoms with Gasteiger partial charge in [-0.15, -0.1) is 0 Å². The van der Waals surface area contributed by atoms with E-state index in [1.165, 1.54) is 28.3 Å². The molecular weight excluding hydrogens is 445 g/mol. The number of carbonyl (C=O) groups is 3. The molecule has 1 aromatic carbocycles. The van der Waals surface area contributed by atoms with Gasteiger partial charge in [0.25, 0.3) is 0 Å². The number of ether oxygens (including phenoxy) is 1. The van der Waals surface area contributed by atoms with Crippen molar-refractivity contribution in [1.82, 2.24) is 19.8 Å². The Morgan fingerprint density at radius 3 is 2.56 bits per heavy atom. The molecule has 2 aliphatic rings. The van der Waals surface area contributed by atoms with Gasteiger partial charge in [0.05, 0.1) is 13.1 Å². The van der Waals surface area contributed by atoms with Gasteiger partial charge in [0.15, 0.2) is 0 Å². The molecule has 3 atom stereocenters. The summed E-state index contributed by atoms with van der Waals surface area (Å²) in [6, 6.07) is 4.40. The minimum atomic E-state index is -1.18. The summed E-state index contributed by atoms with van der Waals surface area (Å²) in [4.78, 5) is 48.7. The van der Waals surface area contributed by atoms with Gasteiger partial charge in [-0.1, -0.05) is 26.0 Å². The molecule has 0 bridgehead atoms. The monoisotopic (exact) mass is 471 g/mol. The molecule has 1 saturated heterocycles. The number of aromatic nitrogens is 2. The van der Waals surface area contributed by atoms with Gasteiger partial charge in [0.2, 0.25) is 11.9 Å². The van der Waals surface area contributed by atoms with Crippen LogP contribution in [0.25, 0.3) is 0 Å². The molecule has 2 aromatic rings. The normalized spacial score (nSPS) is 20.2. The second kappa shape index (κ2) is 9.62. The number of halogens is 1. The maximum Gasteiger partial charge on any atom is 0.410 e. The molecule has 10 nitrogen and oxygen atoms in total. The number of anilines is 1. The average Bonchev–Trinajstić information content (AvgIpc) is 3.43. The lowest BCUT2D eigenvalue weighted by Crippen LogP contribution is -2.50. The first-order valence-corrected chi connectivity index (χ1v) is 11.0. The molecule has 2 amide bonds. The molecule has 2 N–H and O–H groups in total. The number of hydrogen-bond donors (Lipinski definition) is 2. The van der Waals surface area contributed by atoms with Crippen LogP contribution in [-0.2, 0) is 27.4 Å². The Bertz CT molecular complexity index is 1080.